The summed E-state index contributed by atoms with van der Waals surface area (Å²) in [5.74, 6) is 0.316. The maximum atomic E-state index is 10.7. The van der Waals surface area contributed by atoms with Gasteiger partial charge in [-0.2, -0.15) is 9.57 Å². The number of halogens is 4. The number of nitriles is 1. The average Bonchev–Trinajstić information content (AvgIpc) is 2.15. The summed E-state index contributed by atoms with van der Waals surface area (Å²) in [5, 5.41) is 8.39. The van der Waals surface area contributed by atoms with Crippen LogP contribution in [0.3, 0.4) is 0 Å². The minimum absolute atomic E-state index is 0.160. The molecule has 0 heterocycles. The standard InChI is InChI=1S/C6H8Cl4N2O2S2/c7-5(8)6(9,10)15-4-3-12(2-1-11)16(13)14/h5H,2-4H2,(H,13,14). The van der Waals surface area contributed by atoms with Crippen molar-refractivity contribution >= 4 is 69.4 Å². The fourth-order valence-corrected chi connectivity index (χ4v) is 2.72. The Morgan fingerprint density at radius 2 is 2.12 bits per heavy atom. The Kier molecular flexibility index (Phi) is 8.77. The van der Waals surface area contributed by atoms with Crippen molar-refractivity contribution in [3.05, 3.63) is 0 Å². The molecule has 0 saturated heterocycles. The van der Waals surface area contributed by atoms with Crippen molar-refractivity contribution < 1.29 is 8.76 Å². The first kappa shape index (κ1) is 17.1. The highest BCUT2D eigenvalue weighted by Crippen LogP contribution is 2.42. The van der Waals surface area contributed by atoms with Gasteiger partial charge in [-0.3, -0.25) is 4.55 Å². The summed E-state index contributed by atoms with van der Waals surface area (Å²) < 4.78 is 19.2. The average molecular weight is 346 g/mol. The molecule has 10 heteroatoms. The second-order valence-electron chi connectivity index (χ2n) is 2.46. The quantitative estimate of drug-likeness (QED) is 0.437. The van der Waals surface area contributed by atoms with Gasteiger partial charge in [-0.25, -0.2) is 4.21 Å². The highest BCUT2D eigenvalue weighted by atomic mass is 35.5. The summed E-state index contributed by atoms with van der Waals surface area (Å²) in [6, 6.07) is 1.77. The van der Waals surface area contributed by atoms with Gasteiger partial charge in [0.25, 0.3) is 0 Å². The maximum absolute atomic E-state index is 10.7. The Bertz CT molecular complexity index is 284. The van der Waals surface area contributed by atoms with E-state index in [-0.39, 0.29) is 13.1 Å². The lowest BCUT2D eigenvalue weighted by Gasteiger charge is -2.21. The highest BCUT2D eigenvalue weighted by molar-refractivity contribution is 8.03. The van der Waals surface area contributed by atoms with Crippen molar-refractivity contribution in [2.75, 3.05) is 18.8 Å². The molecule has 16 heavy (non-hydrogen) atoms. The summed E-state index contributed by atoms with van der Waals surface area (Å²) in [6.45, 7) is 0.00937. The second-order valence-corrected chi connectivity index (χ2v) is 7.71. The van der Waals surface area contributed by atoms with E-state index in [1.54, 1.807) is 6.07 Å². The molecule has 0 aliphatic rings. The summed E-state index contributed by atoms with van der Waals surface area (Å²) >= 11 is 21.4. The lowest BCUT2D eigenvalue weighted by Crippen LogP contribution is -2.29. The molecule has 0 aliphatic carbocycles. The van der Waals surface area contributed by atoms with Crippen LogP contribution in [0.2, 0.25) is 0 Å². The molecule has 0 spiro atoms. The van der Waals surface area contributed by atoms with Crippen LogP contribution in [-0.2, 0) is 11.3 Å². The number of alkyl halides is 4. The number of thioether (sulfide) groups is 1. The largest absolute Gasteiger partial charge is 0.294 e. The van der Waals surface area contributed by atoms with Crippen molar-refractivity contribution in [1.82, 2.24) is 4.31 Å². The molecule has 94 valence electrons. The SMILES string of the molecule is N#CCN(CCSC(Cl)(Cl)C(Cl)Cl)S(=O)O. The van der Waals surface area contributed by atoms with Gasteiger partial charge in [-0.15, -0.1) is 35.0 Å². The van der Waals surface area contributed by atoms with Gasteiger partial charge < -0.3 is 0 Å². The Morgan fingerprint density at radius 1 is 1.56 bits per heavy atom. The molecule has 0 radical (unpaired) electrons. The van der Waals surface area contributed by atoms with Crippen molar-refractivity contribution in [3.8, 4) is 6.07 Å². The van der Waals surface area contributed by atoms with Gasteiger partial charge in [0.05, 0.1) is 6.07 Å². The minimum atomic E-state index is -2.20. The Hall–Kier alpha value is 1.07. The molecule has 0 saturated carbocycles. The third kappa shape index (κ3) is 6.72. The number of nitrogens with zero attached hydrogens (tertiary/aromatic N) is 2. The van der Waals surface area contributed by atoms with E-state index in [1.165, 1.54) is 0 Å². The van der Waals surface area contributed by atoms with Crippen molar-refractivity contribution in [1.29, 1.82) is 5.26 Å². The zero-order valence-corrected chi connectivity index (χ0v) is 12.4. The second kappa shape index (κ2) is 8.22. The lowest BCUT2D eigenvalue weighted by molar-refractivity contribution is 0.443. The normalized spacial score (nSPS) is 14.1. The topological polar surface area (TPSA) is 64.3 Å². The van der Waals surface area contributed by atoms with Crippen molar-refractivity contribution in [3.63, 3.8) is 0 Å². The highest BCUT2D eigenvalue weighted by Gasteiger charge is 2.32. The first-order chi connectivity index (χ1) is 7.31. The lowest BCUT2D eigenvalue weighted by atomic mass is 10.6. The fraction of sp³-hybridized carbons (Fsp3) is 0.833. The summed E-state index contributed by atoms with van der Waals surface area (Å²) in [6.07, 6.45) is 0. The summed E-state index contributed by atoms with van der Waals surface area (Å²) in [4.78, 5) is -0.982. The third-order valence-corrected chi connectivity index (χ3v) is 5.57. The molecule has 0 fully saturated rings. The minimum Gasteiger partial charge on any atom is -0.294 e. The molecule has 0 aromatic carbocycles. The van der Waals surface area contributed by atoms with Gasteiger partial charge >= 0.3 is 0 Å². The smallest absolute Gasteiger partial charge is 0.235 e. The predicted octanol–water partition coefficient (Wildman–Crippen LogP) is 2.62. The first-order valence-corrected chi connectivity index (χ1v) is 7.52. The van der Waals surface area contributed by atoms with Crippen LogP contribution in [0.4, 0.5) is 0 Å². The van der Waals surface area contributed by atoms with E-state index < -0.39 is 19.8 Å². The van der Waals surface area contributed by atoms with Crippen LogP contribution in [0, 0.1) is 11.3 Å². The molecule has 1 N–H and O–H groups in total. The Labute approximate surface area is 121 Å². The summed E-state index contributed by atoms with van der Waals surface area (Å²) in [5.41, 5.74) is 0. The van der Waals surface area contributed by atoms with Crippen LogP contribution in [0.5, 0.6) is 0 Å². The third-order valence-electron chi connectivity index (χ3n) is 1.36. The number of hydrogen-bond donors (Lipinski definition) is 1. The van der Waals surface area contributed by atoms with Crippen molar-refractivity contribution in [2.24, 2.45) is 0 Å². The van der Waals surface area contributed by atoms with E-state index in [4.69, 9.17) is 56.2 Å². The van der Waals surface area contributed by atoms with E-state index in [0.717, 1.165) is 16.1 Å². The van der Waals surface area contributed by atoms with E-state index >= 15 is 0 Å². The van der Waals surface area contributed by atoms with Gasteiger partial charge in [-0.05, 0) is 0 Å². The zero-order valence-electron chi connectivity index (χ0n) is 7.78. The van der Waals surface area contributed by atoms with Crippen LogP contribution < -0.4 is 0 Å². The van der Waals surface area contributed by atoms with E-state index in [9.17, 15) is 4.21 Å². The van der Waals surface area contributed by atoms with Crippen LogP contribution in [0.15, 0.2) is 0 Å². The van der Waals surface area contributed by atoms with Crippen molar-refractivity contribution in [2.45, 2.75) is 8.50 Å². The predicted molar refractivity (Wildman–Crippen MR) is 70.3 cm³/mol. The van der Waals surface area contributed by atoms with Crippen LogP contribution in [0.25, 0.3) is 0 Å². The van der Waals surface area contributed by atoms with Crippen LogP contribution in [-0.4, -0.2) is 40.4 Å². The molecule has 1 unspecified atom stereocenters. The molecular formula is C6H8Cl4N2O2S2. The van der Waals surface area contributed by atoms with Crippen LogP contribution >= 0.6 is 58.2 Å². The molecule has 0 bridgehead atoms. The Balaban J connectivity index is 4.05. The van der Waals surface area contributed by atoms with Gasteiger partial charge in [0.2, 0.25) is 11.3 Å². The van der Waals surface area contributed by atoms with Gasteiger partial charge in [-0.1, -0.05) is 23.2 Å². The monoisotopic (exact) mass is 344 g/mol. The molecule has 0 aromatic heterocycles. The first-order valence-electron chi connectivity index (χ1n) is 3.84. The van der Waals surface area contributed by atoms with Gasteiger partial charge in [0.1, 0.15) is 11.4 Å². The zero-order chi connectivity index (χ0) is 12.8. The van der Waals surface area contributed by atoms with Gasteiger partial charge in [0, 0.05) is 12.3 Å². The molecule has 0 rings (SSSR count). The molecule has 0 aromatic rings. The fourth-order valence-electron chi connectivity index (χ4n) is 0.638. The molecule has 1 atom stereocenters. The van der Waals surface area contributed by atoms with E-state index in [1.807, 2.05) is 0 Å². The molecule has 0 aliphatic heterocycles. The summed E-state index contributed by atoms with van der Waals surface area (Å²) in [7, 11) is 0. The Morgan fingerprint density at radius 3 is 2.50 bits per heavy atom. The van der Waals surface area contributed by atoms with Crippen LogP contribution in [0.1, 0.15) is 0 Å². The number of hydrogen-bond acceptors (Lipinski definition) is 3. The van der Waals surface area contributed by atoms with E-state index in [0.29, 0.717) is 5.75 Å². The molecule has 4 nitrogen and oxygen atoms in total. The molecule has 0 amide bonds. The molecular weight excluding hydrogens is 338 g/mol. The van der Waals surface area contributed by atoms with Gasteiger partial charge in [0.15, 0.2) is 3.67 Å². The number of rotatable bonds is 7. The maximum Gasteiger partial charge on any atom is 0.235 e. The van der Waals surface area contributed by atoms with E-state index in [2.05, 4.69) is 0 Å².